The van der Waals surface area contributed by atoms with Crippen molar-refractivity contribution in [3.8, 4) is 5.75 Å². The van der Waals surface area contributed by atoms with Gasteiger partial charge in [-0.05, 0) is 12.5 Å². The molecule has 77 valence electrons. The van der Waals surface area contributed by atoms with Crippen LogP contribution >= 0.6 is 0 Å². The van der Waals surface area contributed by atoms with E-state index in [-0.39, 0.29) is 6.61 Å². The van der Waals surface area contributed by atoms with Gasteiger partial charge in [0.1, 0.15) is 12.4 Å². The molecule has 1 radical (unpaired) electrons. The van der Waals surface area contributed by atoms with Crippen LogP contribution in [0.2, 0.25) is 0 Å². The molecule has 0 aliphatic carbocycles. The maximum Gasteiger partial charge on any atom is 0.124 e. The highest BCUT2D eigenvalue weighted by atomic mass is 16.5. The third kappa shape index (κ3) is 3.38. The van der Waals surface area contributed by atoms with Crippen LogP contribution in [-0.4, -0.2) is 6.61 Å². The van der Waals surface area contributed by atoms with Gasteiger partial charge >= 0.3 is 0 Å². The number of hydrogen-bond donors (Lipinski definition) is 0. The quantitative estimate of drug-likeness (QED) is 0.638. The number of rotatable bonds is 6. The van der Waals surface area contributed by atoms with Crippen LogP contribution in [0.5, 0.6) is 5.75 Å². The van der Waals surface area contributed by atoms with E-state index in [9.17, 15) is 5.11 Å². The fraction of sp³-hybridized carbons (Fsp3) is 0.500. The Labute approximate surface area is 85.5 Å². The molecule has 0 saturated carbocycles. The van der Waals surface area contributed by atoms with E-state index in [4.69, 9.17) is 4.74 Å². The Morgan fingerprint density at radius 1 is 1.21 bits per heavy atom. The van der Waals surface area contributed by atoms with Crippen LogP contribution in [0.15, 0.2) is 24.3 Å². The summed E-state index contributed by atoms with van der Waals surface area (Å²) in [6.07, 6.45) is 3.43. The third-order valence-electron chi connectivity index (χ3n) is 2.13. The molecule has 1 aromatic rings. The Hall–Kier alpha value is -1.02. The standard InChI is InChI=1S/C12H17O2/c1-2-3-6-9-14-12-8-5-4-7-11(12)10-13/h4-5,7-8H,2-3,6,9-10H2,1H3. The molecule has 1 rings (SSSR count). The molecule has 0 bridgehead atoms. The summed E-state index contributed by atoms with van der Waals surface area (Å²) in [5.74, 6) is 0.749. The average Bonchev–Trinajstić information content (AvgIpc) is 2.25. The van der Waals surface area contributed by atoms with Crippen molar-refractivity contribution in [1.82, 2.24) is 0 Å². The van der Waals surface area contributed by atoms with E-state index in [0.29, 0.717) is 6.61 Å². The Kier molecular flexibility index (Phi) is 5.08. The highest BCUT2D eigenvalue weighted by Gasteiger charge is 2.00. The van der Waals surface area contributed by atoms with Gasteiger partial charge in [0.05, 0.1) is 6.61 Å². The SMILES string of the molecule is CCCCCOc1ccccc1C[O]. The third-order valence-corrected chi connectivity index (χ3v) is 2.13. The summed E-state index contributed by atoms with van der Waals surface area (Å²) in [5, 5.41) is 10.8. The van der Waals surface area contributed by atoms with Gasteiger partial charge < -0.3 is 4.74 Å². The van der Waals surface area contributed by atoms with Crippen LogP contribution in [0.3, 0.4) is 0 Å². The van der Waals surface area contributed by atoms with E-state index in [2.05, 4.69) is 6.92 Å². The van der Waals surface area contributed by atoms with Crippen molar-refractivity contribution in [3.05, 3.63) is 29.8 Å². The number of benzene rings is 1. The molecule has 0 unspecified atom stereocenters. The van der Waals surface area contributed by atoms with Crippen molar-refractivity contribution < 1.29 is 9.84 Å². The molecule has 14 heavy (non-hydrogen) atoms. The zero-order valence-electron chi connectivity index (χ0n) is 8.66. The highest BCUT2D eigenvalue weighted by Crippen LogP contribution is 2.18. The predicted molar refractivity (Wildman–Crippen MR) is 55.9 cm³/mol. The summed E-state index contributed by atoms with van der Waals surface area (Å²) >= 11 is 0. The molecular weight excluding hydrogens is 176 g/mol. The number of unbranched alkanes of at least 4 members (excludes halogenated alkanes) is 2. The van der Waals surface area contributed by atoms with Gasteiger partial charge in [0, 0.05) is 5.56 Å². The van der Waals surface area contributed by atoms with Crippen molar-refractivity contribution >= 4 is 0 Å². The van der Waals surface area contributed by atoms with Gasteiger partial charge in [0.15, 0.2) is 0 Å². The number of para-hydroxylation sites is 1. The minimum Gasteiger partial charge on any atom is -0.493 e. The zero-order valence-corrected chi connectivity index (χ0v) is 8.66. The average molecular weight is 193 g/mol. The topological polar surface area (TPSA) is 29.1 Å². The molecule has 0 fully saturated rings. The normalized spacial score (nSPS) is 10.1. The van der Waals surface area contributed by atoms with E-state index in [1.807, 2.05) is 24.3 Å². The molecule has 1 aromatic carbocycles. The summed E-state index contributed by atoms with van der Waals surface area (Å²) in [6.45, 7) is 2.67. The second kappa shape index (κ2) is 6.44. The van der Waals surface area contributed by atoms with Crippen LogP contribution in [0.1, 0.15) is 31.7 Å². The molecule has 2 nitrogen and oxygen atoms in total. The summed E-state index contributed by atoms with van der Waals surface area (Å²) in [7, 11) is 0. The molecule has 0 aliphatic rings. The second-order valence-corrected chi connectivity index (χ2v) is 3.31. The molecule has 0 saturated heterocycles. The lowest BCUT2D eigenvalue weighted by atomic mass is 10.2. The Bertz CT molecular complexity index is 258. The van der Waals surface area contributed by atoms with Crippen molar-refractivity contribution in [2.45, 2.75) is 32.8 Å². The van der Waals surface area contributed by atoms with Gasteiger partial charge in [-0.2, -0.15) is 0 Å². The van der Waals surface area contributed by atoms with Gasteiger partial charge in [-0.25, -0.2) is 5.11 Å². The molecule has 0 amide bonds. The second-order valence-electron chi connectivity index (χ2n) is 3.31. The molecular formula is C12H17O2. The lowest BCUT2D eigenvalue weighted by Gasteiger charge is -2.08. The minimum atomic E-state index is -0.204. The van der Waals surface area contributed by atoms with E-state index < -0.39 is 0 Å². The molecule has 0 aliphatic heterocycles. The molecule has 0 spiro atoms. The first-order valence-corrected chi connectivity index (χ1v) is 5.17. The fourth-order valence-electron chi connectivity index (χ4n) is 1.30. The van der Waals surface area contributed by atoms with Gasteiger partial charge in [-0.15, -0.1) is 0 Å². The fourth-order valence-corrected chi connectivity index (χ4v) is 1.30. The molecule has 0 N–H and O–H groups in total. The number of ether oxygens (including phenoxy) is 1. The Balaban J connectivity index is 2.41. The summed E-state index contributed by atoms with van der Waals surface area (Å²) in [6, 6.07) is 7.45. The zero-order chi connectivity index (χ0) is 10.2. The highest BCUT2D eigenvalue weighted by molar-refractivity contribution is 5.32. The van der Waals surface area contributed by atoms with Crippen molar-refractivity contribution in [2.24, 2.45) is 0 Å². The molecule has 0 atom stereocenters. The summed E-state index contributed by atoms with van der Waals surface area (Å²) in [5.41, 5.74) is 0.754. The van der Waals surface area contributed by atoms with E-state index in [1.54, 1.807) is 0 Å². The lowest BCUT2D eigenvalue weighted by molar-refractivity contribution is 0.172. The van der Waals surface area contributed by atoms with Crippen molar-refractivity contribution in [3.63, 3.8) is 0 Å². The van der Waals surface area contributed by atoms with Gasteiger partial charge in [0.2, 0.25) is 0 Å². The van der Waals surface area contributed by atoms with E-state index in [0.717, 1.165) is 17.7 Å². The van der Waals surface area contributed by atoms with Gasteiger partial charge in [0.25, 0.3) is 0 Å². The van der Waals surface area contributed by atoms with Gasteiger partial charge in [-0.3, -0.25) is 0 Å². The van der Waals surface area contributed by atoms with Crippen LogP contribution in [0.4, 0.5) is 0 Å². The Morgan fingerprint density at radius 2 is 2.00 bits per heavy atom. The van der Waals surface area contributed by atoms with Crippen LogP contribution in [-0.2, 0) is 11.7 Å². The maximum absolute atomic E-state index is 10.8. The van der Waals surface area contributed by atoms with E-state index >= 15 is 0 Å². The van der Waals surface area contributed by atoms with Crippen LogP contribution < -0.4 is 4.74 Å². The van der Waals surface area contributed by atoms with Crippen LogP contribution in [0.25, 0.3) is 0 Å². The van der Waals surface area contributed by atoms with Crippen molar-refractivity contribution in [2.75, 3.05) is 6.61 Å². The smallest absolute Gasteiger partial charge is 0.124 e. The molecule has 0 heterocycles. The number of hydrogen-bond acceptors (Lipinski definition) is 1. The summed E-state index contributed by atoms with van der Waals surface area (Å²) in [4.78, 5) is 0. The predicted octanol–water partition coefficient (Wildman–Crippen LogP) is 3.19. The first kappa shape index (κ1) is 11.1. The Morgan fingerprint density at radius 3 is 2.71 bits per heavy atom. The molecule has 2 heteroatoms. The van der Waals surface area contributed by atoms with E-state index in [1.165, 1.54) is 12.8 Å². The molecule has 0 aromatic heterocycles. The summed E-state index contributed by atoms with van der Waals surface area (Å²) < 4.78 is 5.53. The minimum absolute atomic E-state index is 0.204. The van der Waals surface area contributed by atoms with Gasteiger partial charge in [-0.1, -0.05) is 38.0 Å². The lowest BCUT2D eigenvalue weighted by Crippen LogP contribution is -1.99. The first-order chi connectivity index (χ1) is 6.88. The first-order valence-electron chi connectivity index (χ1n) is 5.17. The largest absolute Gasteiger partial charge is 0.493 e. The maximum atomic E-state index is 10.8. The monoisotopic (exact) mass is 193 g/mol. The van der Waals surface area contributed by atoms with Crippen molar-refractivity contribution in [1.29, 1.82) is 0 Å². The van der Waals surface area contributed by atoms with Crippen LogP contribution in [0, 0.1) is 0 Å².